The Bertz CT molecular complexity index is 1070. The van der Waals surface area contributed by atoms with Crippen molar-refractivity contribution in [3.63, 3.8) is 0 Å². The predicted molar refractivity (Wildman–Crippen MR) is 128 cm³/mol. The summed E-state index contributed by atoms with van der Waals surface area (Å²) < 4.78 is 46.4. The summed E-state index contributed by atoms with van der Waals surface area (Å²) >= 11 is 6.26. The largest absolute Gasteiger partial charge is 0.494 e. The SMILES string of the molecule is CCCC(CC)CCOc1ccc(C(=O)Nc2cc([C@H]3C[C@H]3C(=O)O)ccc2C(F)(F)F)c(Cl)c1. The molecule has 1 unspecified atom stereocenters. The number of carbonyl (C=O) groups is 2. The molecule has 0 aromatic heterocycles. The van der Waals surface area contributed by atoms with Gasteiger partial charge in [-0.2, -0.15) is 13.2 Å². The zero-order valence-electron chi connectivity index (χ0n) is 19.6. The summed E-state index contributed by atoms with van der Waals surface area (Å²) in [5.74, 6) is -1.76. The van der Waals surface area contributed by atoms with E-state index in [1.807, 2.05) is 0 Å². The van der Waals surface area contributed by atoms with Crippen molar-refractivity contribution in [2.45, 2.75) is 58.0 Å². The number of anilines is 1. The van der Waals surface area contributed by atoms with E-state index in [1.54, 1.807) is 6.07 Å². The molecule has 0 saturated heterocycles. The average molecular weight is 512 g/mol. The van der Waals surface area contributed by atoms with Crippen LogP contribution in [0.15, 0.2) is 36.4 Å². The Morgan fingerprint density at radius 3 is 2.49 bits per heavy atom. The molecule has 0 spiro atoms. The number of benzene rings is 2. The van der Waals surface area contributed by atoms with Crippen LogP contribution in [0, 0.1) is 11.8 Å². The summed E-state index contributed by atoms with van der Waals surface area (Å²) in [7, 11) is 0. The molecule has 1 aliphatic carbocycles. The summed E-state index contributed by atoms with van der Waals surface area (Å²) in [5.41, 5.74) is -1.02. The van der Waals surface area contributed by atoms with Crippen LogP contribution >= 0.6 is 11.6 Å². The molecule has 3 atom stereocenters. The van der Waals surface area contributed by atoms with Crippen LogP contribution in [0.2, 0.25) is 5.02 Å². The lowest BCUT2D eigenvalue weighted by Gasteiger charge is -2.16. The van der Waals surface area contributed by atoms with Gasteiger partial charge in [-0.1, -0.05) is 50.8 Å². The first-order valence-electron chi connectivity index (χ1n) is 11.7. The van der Waals surface area contributed by atoms with Crippen LogP contribution < -0.4 is 10.1 Å². The number of carbonyl (C=O) groups excluding carboxylic acids is 1. The van der Waals surface area contributed by atoms with Gasteiger partial charge in [0.15, 0.2) is 0 Å². The van der Waals surface area contributed by atoms with Crippen LogP contribution in [-0.2, 0) is 11.0 Å². The third kappa shape index (κ3) is 6.90. The van der Waals surface area contributed by atoms with Crippen LogP contribution in [0.4, 0.5) is 18.9 Å². The first-order valence-corrected chi connectivity index (χ1v) is 12.1. The van der Waals surface area contributed by atoms with Gasteiger partial charge < -0.3 is 15.2 Å². The van der Waals surface area contributed by atoms with Crippen LogP contribution in [0.1, 0.15) is 73.4 Å². The number of halogens is 4. The number of rotatable bonds is 11. The molecule has 0 radical (unpaired) electrons. The molecule has 1 fully saturated rings. The number of carboxylic acid groups (broad SMARTS) is 1. The summed E-state index contributed by atoms with van der Waals surface area (Å²) in [5, 5.41) is 11.5. The van der Waals surface area contributed by atoms with E-state index in [1.165, 1.54) is 24.3 Å². The molecule has 2 N–H and O–H groups in total. The van der Waals surface area contributed by atoms with E-state index in [4.69, 9.17) is 21.4 Å². The van der Waals surface area contributed by atoms with Crippen molar-refractivity contribution in [1.82, 2.24) is 0 Å². The van der Waals surface area contributed by atoms with Gasteiger partial charge in [0.25, 0.3) is 5.91 Å². The zero-order valence-corrected chi connectivity index (χ0v) is 20.4. The van der Waals surface area contributed by atoms with E-state index < -0.39 is 35.2 Å². The monoisotopic (exact) mass is 511 g/mol. The quantitative estimate of drug-likeness (QED) is 0.329. The second-order valence-electron chi connectivity index (χ2n) is 8.89. The third-order valence-corrected chi connectivity index (χ3v) is 6.70. The molecule has 190 valence electrons. The molecule has 1 saturated carbocycles. The number of amides is 1. The standard InChI is InChI=1S/C26H29ClF3NO4/c1-3-5-15(4-2)10-11-35-17-7-8-18(22(27)13-17)24(32)31-23-12-16(19-14-20(19)25(33)34)6-9-21(23)26(28,29)30/h6-9,12-13,15,19-20H,3-5,10-11,14H2,1-2H3,(H,31,32)(H,33,34)/t15?,19-,20-/m1/s1. The van der Waals surface area contributed by atoms with E-state index in [2.05, 4.69) is 19.2 Å². The molecule has 0 bridgehead atoms. The Kier molecular flexibility index (Phi) is 8.70. The van der Waals surface area contributed by atoms with Crippen molar-refractivity contribution < 1.29 is 32.6 Å². The number of alkyl halides is 3. The molecule has 0 aliphatic heterocycles. The first-order chi connectivity index (χ1) is 16.5. The summed E-state index contributed by atoms with van der Waals surface area (Å²) in [6.45, 7) is 4.78. The number of ether oxygens (including phenoxy) is 1. The molecule has 1 aliphatic rings. The van der Waals surface area contributed by atoms with Crippen molar-refractivity contribution in [3.05, 3.63) is 58.1 Å². The Morgan fingerprint density at radius 2 is 1.91 bits per heavy atom. The highest BCUT2D eigenvalue weighted by Gasteiger charge is 2.45. The molecular formula is C26H29ClF3NO4. The summed E-state index contributed by atoms with van der Waals surface area (Å²) in [4.78, 5) is 24.0. The topological polar surface area (TPSA) is 75.6 Å². The molecule has 5 nitrogen and oxygen atoms in total. The number of hydrogen-bond donors (Lipinski definition) is 2. The van der Waals surface area contributed by atoms with E-state index in [-0.39, 0.29) is 16.5 Å². The van der Waals surface area contributed by atoms with Crippen LogP contribution in [-0.4, -0.2) is 23.6 Å². The highest BCUT2D eigenvalue weighted by molar-refractivity contribution is 6.34. The second-order valence-corrected chi connectivity index (χ2v) is 9.29. The number of hydrogen-bond acceptors (Lipinski definition) is 3. The smallest absolute Gasteiger partial charge is 0.418 e. The Morgan fingerprint density at radius 1 is 1.17 bits per heavy atom. The fourth-order valence-corrected chi connectivity index (χ4v) is 4.50. The van der Waals surface area contributed by atoms with Crippen LogP contribution in [0.3, 0.4) is 0 Å². The maximum atomic E-state index is 13.5. The number of aliphatic carboxylic acids is 1. The maximum Gasteiger partial charge on any atom is 0.418 e. The van der Waals surface area contributed by atoms with Gasteiger partial charge in [0.05, 0.1) is 34.4 Å². The highest BCUT2D eigenvalue weighted by atomic mass is 35.5. The zero-order chi connectivity index (χ0) is 25.8. The summed E-state index contributed by atoms with van der Waals surface area (Å²) in [6.07, 6.45) is -0.168. The maximum absolute atomic E-state index is 13.5. The lowest BCUT2D eigenvalue weighted by molar-refractivity contribution is -0.139. The van der Waals surface area contributed by atoms with Gasteiger partial charge in [0.1, 0.15) is 5.75 Å². The Hall–Kier alpha value is -2.74. The minimum atomic E-state index is -4.70. The molecule has 2 aromatic carbocycles. The predicted octanol–water partition coefficient (Wildman–Crippen LogP) is 7.39. The van der Waals surface area contributed by atoms with E-state index in [0.717, 1.165) is 31.7 Å². The minimum Gasteiger partial charge on any atom is -0.494 e. The van der Waals surface area contributed by atoms with Gasteiger partial charge in [-0.3, -0.25) is 9.59 Å². The van der Waals surface area contributed by atoms with Gasteiger partial charge in [0, 0.05) is 0 Å². The van der Waals surface area contributed by atoms with Crippen molar-refractivity contribution >= 4 is 29.2 Å². The van der Waals surface area contributed by atoms with Crippen LogP contribution in [0.25, 0.3) is 0 Å². The van der Waals surface area contributed by atoms with E-state index in [0.29, 0.717) is 30.3 Å². The fraction of sp³-hybridized carbons (Fsp3) is 0.462. The lowest BCUT2D eigenvalue weighted by atomic mass is 9.98. The Labute approximate surface area is 207 Å². The molecule has 3 rings (SSSR count). The van der Waals surface area contributed by atoms with E-state index >= 15 is 0 Å². The normalized spacial score (nSPS) is 18.1. The van der Waals surface area contributed by atoms with Crippen molar-refractivity contribution in [1.29, 1.82) is 0 Å². The third-order valence-electron chi connectivity index (χ3n) is 6.39. The van der Waals surface area contributed by atoms with Crippen molar-refractivity contribution in [3.8, 4) is 5.75 Å². The lowest BCUT2D eigenvalue weighted by Crippen LogP contribution is -2.17. The van der Waals surface area contributed by atoms with Crippen molar-refractivity contribution in [2.75, 3.05) is 11.9 Å². The molecular weight excluding hydrogens is 483 g/mol. The highest BCUT2D eigenvalue weighted by Crippen LogP contribution is 2.49. The molecule has 1 amide bonds. The minimum absolute atomic E-state index is 0.00444. The van der Waals surface area contributed by atoms with Gasteiger partial charge in [-0.15, -0.1) is 0 Å². The summed E-state index contributed by atoms with van der Waals surface area (Å²) in [6, 6.07) is 7.76. The average Bonchev–Trinajstić information content (AvgIpc) is 3.59. The first kappa shape index (κ1) is 26.9. The number of carboxylic acids is 1. The molecule has 9 heteroatoms. The van der Waals surface area contributed by atoms with Gasteiger partial charge >= 0.3 is 12.1 Å². The fourth-order valence-electron chi connectivity index (χ4n) is 4.24. The van der Waals surface area contributed by atoms with Gasteiger partial charge in [0.2, 0.25) is 0 Å². The molecule has 35 heavy (non-hydrogen) atoms. The number of nitrogens with one attached hydrogen (secondary N) is 1. The Balaban J connectivity index is 1.73. The van der Waals surface area contributed by atoms with Gasteiger partial charge in [-0.05, 0) is 60.6 Å². The second kappa shape index (κ2) is 11.3. The van der Waals surface area contributed by atoms with Crippen molar-refractivity contribution in [2.24, 2.45) is 11.8 Å². The molecule has 2 aromatic rings. The van der Waals surface area contributed by atoms with E-state index in [9.17, 15) is 22.8 Å². The van der Waals surface area contributed by atoms with Gasteiger partial charge in [-0.25, -0.2) is 0 Å². The van der Waals surface area contributed by atoms with Crippen LogP contribution in [0.5, 0.6) is 5.75 Å². The molecule has 0 heterocycles.